The third-order valence-corrected chi connectivity index (χ3v) is 4.15. The van der Waals surface area contributed by atoms with Crippen molar-refractivity contribution in [2.24, 2.45) is 0 Å². The van der Waals surface area contributed by atoms with Crippen LogP contribution in [-0.2, 0) is 0 Å². The van der Waals surface area contributed by atoms with E-state index < -0.39 is 0 Å². The predicted molar refractivity (Wildman–Crippen MR) is 63.0 cm³/mol. The summed E-state index contributed by atoms with van der Waals surface area (Å²) in [6, 6.07) is 5.98. The van der Waals surface area contributed by atoms with E-state index in [0.717, 1.165) is 11.6 Å². The monoisotopic (exact) mass is 224 g/mol. The number of rotatable bonds is 3. The fraction of sp³-hybridized carbons (Fsp3) is 0.300. The average molecular weight is 224 g/mol. The van der Waals surface area contributed by atoms with E-state index in [9.17, 15) is 0 Å². The van der Waals surface area contributed by atoms with Crippen molar-refractivity contribution in [3.8, 4) is 0 Å². The standard InChI is InChI=1S/C10H12N2S2/c1-3-7-11-9(5-1)13-14-10-6-2-4-8-12-10/h1,3,5-7,12H,2,4,8H2. The van der Waals surface area contributed by atoms with Gasteiger partial charge in [-0.15, -0.1) is 0 Å². The Kier molecular flexibility index (Phi) is 3.77. The second-order valence-corrected chi connectivity index (χ2v) is 5.16. The molecule has 4 heteroatoms. The topological polar surface area (TPSA) is 24.9 Å². The Bertz CT molecular complexity index is 311. The first-order valence-electron chi connectivity index (χ1n) is 4.65. The Morgan fingerprint density at radius 1 is 1.29 bits per heavy atom. The van der Waals surface area contributed by atoms with Crippen molar-refractivity contribution in [1.29, 1.82) is 0 Å². The molecule has 0 radical (unpaired) electrons. The van der Waals surface area contributed by atoms with Gasteiger partial charge in [-0.3, -0.25) is 0 Å². The van der Waals surface area contributed by atoms with E-state index >= 15 is 0 Å². The Morgan fingerprint density at radius 3 is 3.00 bits per heavy atom. The fourth-order valence-corrected chi connectivity index (χ4v) is 3.13. The highest BCUT2D eigenvalue weighted by atomic mass is 33.1. The second kappa shape index (κ2) is 5.32. The van der Waals surface area contributed by atoms with E-state index in [1.807, 2.05) is 24.4 Å². The Morgan fingerprint density at radius 2 is 2.29 bits per heavy atom. The summed E-state index contributed by atoms with van der Waals surface area (Å²) < 4.78 is 0. The maximum Gasteiger partial charge on any atom is 0.107 e. The van der Waals surface area contributed by atoms with Crippen LogP contribution >= 0.6 is 21.6 Å². The molecule has 0 saturated carbocycles. The molecule has 74 valence electrons. The van der Waals surface area contributed by atoms with Crippen molar-refractivity contribution in [2.75, 3.05) is 6.54 Å². The van der Waals surface area contributed by atoms with Gasteiger partial charge in [0.2, 0.25) is 0 Å². The number of allylic oxidation sites excluding steroid dienone is 1. The molecule has 0 spiro atoms. The summed E-state index contributed by atoms with van der Waals surface area (Å²) in [5.41, 5.74) is 0. The van der Waals surface area contributed by atoms with Gasteiger partial charge in [-0.1, -0.05) is 12.1 Å². The van der Waals surface area contributed by atoms with Crippen LogP contribution in [0.5, 0.6) is 0 Å². The molecule has 1 aromatic heterocycles. The van der Waals surface area contributed by atoms with Crippen molar-refractivity contribution in [1.82, 2.24) is 10.3 Å². The number of pyridine rings is 1. The molecule has 0 fully saturated rings. The minimum absolute atomic E-state index is 1.06. The van der Waals surface area contributed by atoms with Crippen LogP contribution in [0.4, 0.5) is 0 Å². The van der Waals surface area contributed by atoms with Crippen LogP contribution in [0.2, 0.25) is 0 Å². The van der Waals surface area contributed by atoms with Gasteiger partial charge < -0.3 is 5.32 Å². The lowest BCUT2D eigenvalue weighted by molar-refractivity contribution is 0.719. The maximum atomic E-state index is 4.25. The predicted octanol–water partition coefficient (Wildman–Crippen LogP) is 3.05. The average Bonchev–Trinajstić information content (AvgIpc) is 2.29. The van der Waals surface area contributed by atoms with Crippen molar-refractivity contribution in [2.45, 2.75) is 17.9 Å². The van der Waals surface area contributed by atoms with Gasteiger partial charge in [0.15, 0.2) is 0 Å². The number of hydrogen-bond acceptors (Lipinski definition) is 4. The first-order valence-corrected chi connectivity index (χ1v) is 6.80. The van der Waals surface area contributed by atoms with E-state index in [-0.39, 0.29) is 0 Å². The summed E-state index contributed by atoms with van der Waals surface area (Å²) in [6.45, 7) is 1.10. The lowest BCUT2D eigenvalue weighted by Gasteiger charge is -2.13. The van der Waals surface area contributed by atoms with Crippen LogP contribution in [0.25, 0.3) is 0 Å². The van der Waals surface area contributed by atoms with Gasteiger partial charge in [0.05, 0.1) is 5.03 Å². The molecule has 0 aromatic carbocycles. The number of hydrogen-bond donors (Lipinski definition) is 1. The summed E-state index contributed by atoms with van der Waals surface area (Å²) in [5.74, 6) is 0. The lowest BCUT2D eigenvalue weighted by Crippen LogP contribution is -2.15. The van der Waals surface area contributed by atoms with Gasteiger partial charge in [-0.25, -0.2) is 4.98 Å². The zero-order valence-corrected chi connectivity index (χ0v) is 9.40. The smallest absolute Gasteiger partial charge is 0.107 e. The molecule has 0 unspecified atom stereocenters. The first-order chi connectivity index (χ1) is 6.95. The number of aromatic nitrogens is 1. The normalized spacial score (nSPS) is 15.9. The van der Waals surface area contributed by atoms with Gasteiger partial charge in [0.25, 0.3) is 0 Å². The van der Waals surface area contributed by atoms with Crippen molar-refractivity contribution in [3.63, 3.8) is 0 Å². The van der Waals surface area contributed by atoms with E-state index in [0.29, 0.717) is 0 Å². The molecule has 14 heavy (non-hydrogen) atoms. The van der Waals surface area contributed by atoms with E-state index in [1.54, 1.807) is 21.6 Å². The van der Waals surface area contributed by atoms with Gasteiger partial charge in [-0.2, -0.15) is 0 Å². The van der Waals surface area contributed by atoms with Crippen molar-refractivity contribution >= 4 is 21.6 Å². The Hall–Kier alpha value is -0.610. The summed E-state index contributed by atoms with van der Waals surface area (Å²) in [7, 11) is 3.46. The largest absolute Gasteiger partial charge is 0.379 e. The van der Waals surface area contributed by atoms with Crippen molar-refractivity contribution < 1.29 is 0 Å². The zero-order valence-electron chi connectivity index (χ0n) is 7.77. The molecule has 1 aliphatic rings. The molecule has 1 N–H and O–H groups in total. The van der Waals surface area contributed by atoms with Crippen LogP contribution < -0.4 is 5.32 Å². The highest BCUT2D eigenvalue weighted by Crippen LogP contribution is 2.35. The number of nitrogens with zero attached hydrogens (tertiary/aromatic N) is 1. The molecule has 0 saturated heterocycles. The number of nitrogens with one attached hydrogen (secondary N) is 1. The van der Waals surface area contributed by atoms with Gasteiger partial charge >= 0.3 is 0 Å². The van der Waals surface area contributed by atoms with Crippen LogP contribution in [-0.4, -0.2) is 11.5 Å². The van der Waals surface area contributed by atoms with Crippen LogP contribution in [0.15, 0.2) is 40.5 Å². The SMILES string of the molecule is C1=C(SSc2ccccn2)NCCC1. The summed E-state index contributed by atoms with van der Waals surface area (Å²) in [5, 5.41) is 5.70. The summed E-state index contributed by atoms with van der Waals surface area (Å²) in [6.07, 6.45) is 6.52. The van der Waals surface area contributed by atoms with E-state index in [2.05, 4.69) is 16.4 Å². The van der Waals surface area contributed by atoms with Crippen LogP contribution in [0, 0.1) is 0 Å². The fourth-order valence-electron chi connectivity index (χ4n) is 1.17. The maximum absolute atomic E-state index is 4.25. The van der Waals surface area contributed by atoms with Gasteiger partial charge in [0.1, 0.15) is 5.03 Å². The lowest BCUT2D eigenvalue weighted by atomic mass is 10.2. The Balaban J connectivity index is 1.85. The van der Waals surface area contributed by atoms with Crippen LogP contribution in [0.1, 0.15) is 12.8 Å². The van der Waals surface area contributed by atoms with Gasteiger partial charge in [0, 0.05) is 12.7 Å². The molecule has 2 nitrogen and oxygen atoms in total. The molecular formula is C10H12N2S2. The molecule has 0 bridgehead atoms. The van der Waals surface area contributed by atoms with Gasteiger partial charge in [-0.05, 0) is 46.6 Å². The van der Waals surface area contributed by atoms with E-state index in [4.69, 9.17) is 0 Å². The Labute approximate surface area is 92.0 Å². The summed E-state index contributed by atoms with van der Waals surface area (Å²) >= 11 is 0. The van der Waals surface area contributed by atoms with Crippen LogP contribution in [0.3, 0.4) is 0 Å². The zero-order chi connectivity index (χ0) is 9.64. The molecule has 0 amide bonds. The molecule has 0 aliphatic carbocycles. The highest BCUT2D eigenvalue weighted by Gasteiger charge is 2.03. The molecule has 2 rings (SSSR count). The minimum Gasteiger partial charge on any atom is -0.379 e. The van der Waals surface area contributed by atoms with Crippen molar-refractivity contribution in [3.05, 3.63) is 35.5 Å². The summed E-state index contributed by atoms with van der Waals surface area (Å²) in [4.78, 5) is 4.25. The third kappa shape index (κ3) is 2.96. The quantitative estimate of drug-likeness (QED) is 0.798. The molecule has 0 atom stereocenters. The molecule has 2 heterocycles. The highest BCUT2D eigenvalue weighted by molar-refractivity contribution is 8.78. The minimum atomic E-state index is 1.06. The molecular weight excluding hydrogens is 212 g/mol. The third-order valence-electron chi connectivity index (χ3n) is 1.86. The second-order valence-electron chi connectivity index (χ2n) is 2.97. The van der Waals surface area contributed by atoms with E-state index in [1.165, 1.54) is 17.9 Å². The molecule has 1 aromatic rings. The molecule has 1 aliphatic heterocycles. The first kappa shape index (κ1) is 9.93.